The Morgan fingerprint density at radius 2 is 2.05 bits per heavy atom. The molecular weight excluding hydrogens is 270 g/mol. The second-order valence-electron chi connectivity index (χ2n) is 5.26. The van der Waals surface area contributed by atoms with Gasteiger partial charge in [-0.2, -0.15) is 0 Å². The lowest BCUT2D eigenvalue weighted by molar-refractivity contribution is -0.142. The minimum Gasteiger partial charge on any atom is -0.484 e. The summed E-state index contributed by atoms with van der Waals surface area (Å²) in [5.41, 5.74) is 1.13. The molecule has 1 amide bonds. The van der Waals surface area contributed by atoms with E-state index in [0.29, 0.717) is 24.5 Å². The van der Waals surface area contributed by atoms with E-state index in [2.05, 4.69) is 19.2 Å². The maximum atomic E-state index is 11.7. The molecule has 0 fully saturated rings. The number of carbonyl (C=O) groups is 2. The average molecular weight is 293 g/mol. The topological polar surface area (TPSA) is 75.6 Å². The van der Waals surface area contributed by atoms with Gasteiger partial charge in [0.1, 0.15) is 11.8 Å². The summed E-state index contributed by atoms with van der Waals surface area (Å²) in [5.74, 6) is -0.458. The summed E-state index contributed by atoms with van der Waals surface area (Å²) >= 11 is 0. The van der Waals surface area contributed by atoms with E-state index in [9.17, 15) is 9.59 Å². The average Bonchev–Trinajstić information content (AvgIpc) is 2.45. The first-order valence-corrected chi connectivity index (χ1v) is 7.19. The summed E-state index contributed by atoms with van der Waals surface area (Å²) in [7, 11) is 0. The van der Waals surface area contributed by atoms with Crippen LogP contribution >= 0.6 is 0 Å². The van der Waals surface area contributed by atoms with Gasteiger partial charge in [0.15, 0.2) is 6.61 Å². The van der Waals surface area contributed by atoms with Gasteiger partial charge in [-0.05, 0) is 30.0 Å². The van der Waals surface area contributed by atoms with E-state index in [-0.39, 0.29) is 6.61 Å². The van der Waals surface area contributed by atoms with E-state index in [1.807, 2.05) is 25.1 Å². The smallest absolute Gasteiger partial charge is 0.326 e. The van der Waals surface area contributed by atoms with Crippen LogP contribution in [0.25, 0.3) is 0 Å². The predicted octanol–water partition coefficient (Wildman–Crippen LogP) is 2.56. The molecule has 1 atom stereocenters. The highest BCUT2D eigenvalue weighted by Crippen LogP contribution is 2.19. The first-order valence-electron chi connectivity index (χ1n) is 7.19. The molecular formula is C16H23NO4. The van der Waals surface area contributed by atoms with Gasteiger partial charge in [0, 0.05) is 0 Å². The first-order chi connectivity index (χ1) is 9.93. The van der Waals surface area contributed by atoms with Crippen molar-refractivity contribution < 1.29 is 19.4 Å². The molecule has 0 saturated heterocycles. The first kappa shape index (κ1) is 17.0. The van der Waals surface area contributed by atoms with E-state index in [1.165, 1.54) is 0 Å². The van der Waals surface area contributed by atoms with Crippen LogP contribution in [0.3, 0.4) is 0 Å². The number of carboxylic acids is 1. The number of hydrogen-bond donors (Lipinski definition) is 2. The van der Waals surface area contributed by atoms with Crippen molar-refractivity contribution in [3.05, 3.63) is 29.8 Å². The summed E-state index contributed by atoms with van der Waals surface area (Å²) in [6, 6.07) is 6.69. The monoisotopic (exact) mass is 293 g/mol. The third-order valence-corrected chi connectivity index (χ3v) is 3.11. The van der Waals surface area contributed by atoms with Crippen LogP contribution in [0.5, 0.6) is 5.75 Å². The van der Waals surface area contributed by atoms with Gasteiger partial charge < -0.3 is 15.2 Å². The summed E-state index contributed by atoms with van der Waals surface area (Å²) in [6.07, 6.45) is 1.10. The Balaban J connectivity index is 2.52. The fourth-order valence-corrected chi connectivity index (χ4v) is 1.89. The minimum absolute atomic E-state index is 0.185. The lowest BCUT2D eigenvalue weighted by Crippen LogP contribution is -2.42. The molecule has 0 radical (unpaired) electrons. The lowest BCUT2D eigenvalue weighted by atomic mass is 10.0. The van der Waals surface area contributed by atoms with Gasteiger partial charge in [-0.25, -0.2) is 4.79 Å². The third kappa shape index (κ3) is 5.85. The molecule has 0 aromatic heterocycles. The van der Waals surface area contributed by atoms with Gasteiger partial charge in [-0.1, -0.05) is 39.3 Å². The summed E-state index contributed by atoms with van der Waals surface area (Å²) in [4.78, 5) is 22.7. The second-order valence-corrected chi connectivity index (χ2v) is 5.26. The molecule has 0 aliphatic heterocycles. The molecule has 0 aliphatic rings. The molecule has 1 rings (SSSR count). The van der Waals surface area contributed by atoms with Crippen LogP contribution in [0.2, 0.25) is 0 Å². The van der Waals surface area contributed by atoms with Crippen molar-refractivity contribution in [3.63, 3.8) is 0 Å². The van der Waals surface area contributed by atoms with Crippen LogP contribution in [-0.2, 0) is 9.59 Å². The summed E-state index contributed by atoms with van der Waals surface area (Å²) in [5, 5.41) is 11.4. The molecule has 21 heavy (non-hydrogen) atoms. The number of carbonyl (C=O) groups excluding carboxylic acids is 1. The molecule has 0 aliphatic carbocycles. The molecule has 1 unspecified atom stereocenters. The second kappa shape index (κ2) is 8.29. The number of nitrogens with one attached hydrogen (secondary N) is 1. The Morgan fingerprint density at radius 3 is 2.62 bits per heavy atom. The fraction of sp³-hybridized carbons (Fsp3) is 0.500. The zero-order chi connectivity index (χ0) is 15.8. The number of aliphatic carboxylic acids is 1. The zero-order valence-corrected chi connectivity index (χ0v) is 12.8. The van der Waals surface area contributed by atoms with Gasteiger partial charge in [-0.15, -0.1) is 0 Å². The van der Waals surface area contributed by atoms with Gasteiger partial charge in [0.05, 0.1) is 0 Å². The molecule has 2 N–H and O–H groups in total. The van der Waals surface area contributed by atoms with Gasteiger partial charge in [0.25, 0.3) is 5.91 Å². The Hall–Kier alpha value is -2.04. The normalized spacial score (nSPS) is 12.0. The van der Waals surface area contributed by atoms with Crippen molar-refractivity contribution in [2.45, 2.75) is 45.6 Å². The lowest BCUT2D eigenvalue weighted by Gasteiger charge is -2.14. The van der Waals surface area contributed by atoms with Crippen molar-refractivity contribution in [2.75, 3.05) is 6.61 Å². The number of amides is 1. The van der Waals surface area contributed by atoms with E-state index in [4.69, 9.17) is 9.84 Å². The Bertz CT molecular complexity index is 485. The van der Waals surface area contributed by atoms with Crippen LogP contribution in [-0.4, -0.2) is 29.6 Å². The fourth-order valence-electron chi connectivity index (χ4n) is 1.89. The van der Waals surface area contributed by atoms with Crippen LogP contribution in [0.1, 0.15) is 45.1 Å². The number of hydrogen-bond acceptors (Lipinski definition) is 3. The highest BCUT2D eigenvalue weighted by Gasteiger charge is 2.18. The maximum absolute atomic E-state index is 11.7. The number of benzene rings is 1. The van der Waals surface area contributed by atoms with Gasteiger partial charge in [-0.3, -0.25) is 4.79 Å². The summed E-state index contributed by atoms with van der Waals surface area (Å²) in [6.45, 7) is 5.84. The van der Waals surface area contributed by atoms with Crippen molar-refractivity contribution in [2.24, 2.45) is 0 Å². The van der Waals surface area contributed by atoms with Crippen molar-refractivity contribution in [1.29, 1.82) is 0 Å². The van der Waals surface area contributed by atoms with Crippen LogP contribution in [0.15, 0.2) is 24.3 Å². The van der Waals surface area contributed by atoms with Gasteiger partial charge in [0.2, 0.25) is 0 Å². The van der Waals surface area contributed by atoms with E-state index in [1.54, 1.807) is 6.07 Å². The summed E-state index contributed by atoms with van der Waals surface area (Å²) < 4.78 is 5.41. The zero-order valence-electron chi connectivity index (χ0n) is 12.8. The molecule has 1 aromatic rings. The molecule has 0 saturated carbocycles. The largest absolute Gasteiger partial charge is 0.484 e. The van der Waals surface area contributed by atoms with Crippen LogP contribution in [0, 0.1) is 0 Å². The predicted molar refractivity (Wildman–Crippen MR) is 80.5 cm³/mol. The van der Waals surface area contributed by atoms with Crippen molar-refractivity contribution in [3.8, 4) is 5.75 Å². The molecule has 5 heteroatoms. The Kier molecular flexibility index (Phi) is 6.72. The third-order valence-electron chi connectivity index (χ3n) is 3.11. The standard InChI is InChI=1S/C16H23NO4/c1-4-6-14(16(19)20)17-15(18)10-21-13-8-5-7-12(9-13)11(2)3/h5,7-9,11,14H,4,6,10H2,1-3H3,(H,17,18)(H,19,20). The van der Waals surface area contributed by atoms with E-state index >= 15 is 0 Å². The Labute approximate surface area is 125 Å². The molecule has 5 nitrogen and oxygen atoms in total. The number of rotatable bonds is 8. The molecule has 0 bridgehead atoms. The van der Waals surface area contributed by atoms with Crippen molar-refractivity contribution >= 4 is 11.9 Å². The highest BCUT2D eigenvalue weighted by atomic mass is 16.5. The minimum atomic E-state index is -1.02. The van der Waals surface area contributed by atoms with E-state index < -0.39 is 17.9 Å². The quantitative estimate of drug-likeness (QED) is 0.772. The maximum Gasteiger partial charge on any atom is 0.326 e. The SMILES string of the molecule is CCCC(NC(=O)COc1cccc(C(C)C)c1)C(=O)O. The van der Waals surface area contributed by atoms with Gasteiger partial charge >= 0.3 is 5.97 Å². The highest BCUT2D eigenvalue weighted by molar-refractivity contribution is 5.84. The molecule has 1 aromatic carbocycles. The molecule has 0 heterocycles. The van der Waals surface area contributed by atoms with Crippen LogP contribution in [0.4, 0.5) is 0 Å². The van der Waals surface area contributed by atoms with E-state index in [0.717, 1.165) is 5.56 Å². The molecule has 0 spiro atoms. The number of carboxylic acid groups (broad SMARTS) is 1. The van der Waals surface area contributed by atoms with Crippen LogP contribution < -0.4 is 10.1 Å². The molecule has 116 valence electrons. The number of ether oxygens (including phenoxy) is 1. The Morgan fingerprint density at radius 1 is 1.33 bits per heavy atom. The van der Waals surface area contributed by atoms with Crippen molar-refractivity contribution in [1.82, 2.24) is 5.32 Å².